The van der Waals surface area contributed by atoms with Crippen LogP contribution in [0.15, 0.2) is 47.4 Å². The molecule has 156 valence electrons. The molecule has 10 heteroatoms. The van der Waals surface area contributed by atoms with Gasteiger partial charge in [0, 0.05) is 40.2 Å². The second-order valence-corrected chi connectivity index (χ2v) is 10.4. The van der Waals surface area contributed by atoms with Crippen LogP contribution in [0.3, 0.4) is 0 Å². The number of hydrogen-bond acceptors (Lipinski definition) is 5. The number of rotatable bonds is 6. The summed E-state index contributed by atoms with van der Waals surface area (Å²) in [5, 5.41) is 3.92. The molecule has 0 radical (unpaired) electrons. The van der Waals surface area contributed by atoms with E-state index in [1.54, 1.807) is 23.9 Å². The molecule has 0 aliphatic carbocycles. The Morgan fingerprint density at radius 1 is 1.21 bits per heavy atom. The van der Waals surface area contributed by atoms with Crippen LogP contribution in [0.4, 0.5) is 5.69 Å². The topological polar surface area (TPSA) is 75.7 Å². The van der Waals surface area contributed by atoms with Crippen LogP contribution < -0.4 is 14.4 Å². The van der Waals surface area contributed by atoms with Crippen molar-refractivity contribution in [2.24, 2.45) is 0 Å². The summed E-state index contributed by atoms with van der Waals surface area (Å²) in [5.74, 6) is 0.716. The highest BCUT2D eigenvalue weighted by atomic mass is 35.5. The van der Waals surface area contributed by atoms with Gasteiger partial charge in [-0.3, -0.25) is 9.10 Å². The molecule has 1 unspecified atom stereocenters. The Hall–Kier alpha value is -1.61. The molecule has 3 rings (SSSR count). The minimum atomic E-state index is -3.53. The molecule has 0 spiro atoms. The molecular weight excluding hydrogens is 455 g/mol. The number of carbonyl (C=O) groups excluding carboxylic acids is 1. The van der Waals surface area contributed by atoms with E-state index in [0.29, 0.717) is 33.8 Å². The lowest BCUT2D eigenvalue weighted by atomic mass is 10.2. The fourth-order valence-corrected chi connectivity index (χ4v) is 4.87. The number of anilines is 1. The second-order valence-electron chi connectivity index (χ2n) is 6.44. The average Bonchev–Trinajstić information content (AvgIpc) is 2.85. The molecule has 2 aromatic rings. The van der Waals surface area contributed by atoms with Crippen molar-refractivity contribution in [2.45, 2.75) is 17.4 Å². The maximum atomic E-state index is 12.6. The van der Waals surface area contributed by atoms with Crippen molar-refractivity contribution in [3.8, 4) is 5.75 Å². The minimum Gasteiger partial charge on any atom is -0.478 e. The van der Waals surface area contributed by atoms with Crippen molar-refractivity contribution in [3.63, 3.8) is 0 Å². The number of hydrogen-bond donors (Lipinski definition) is 1. The predicted molar refractivity (Wildman–Crippen MR) is 118 cm³/mol. The molecule has 1 amide bonds. The third-order valence-electron chi connectivity index (χ3n) is 4.23. The van der Waals surface area contributed by atoms with Gasteiger partial charge in [0.05, 0.1) is 11.9 Å². The first kappa shape index (κ1) is 22.1. The molecule has 0 bridgehead atoms. The third-order valence-corrected chi connectivity index (χ3v) is 6.91. The molecule has 6 nitrogen and oxygen atoms in total. The summed E-state index contributed by atoms with van der Waals surface area (Å²) in [7, 11) is -3.53. The smallest absolute Gasteiger partial charge is 0.261 e. The Labute approximate surface area is 184 Å². The summed E-state index contributed by atoms with van der Waals surface area (Å²) in [5.41, 5.74) is 0.341. The van der Waals surface area contributed by atoms with Crippen LogP contribution in [0.5, 0.6) is 5.75 Å². The zero-order valence-corrected chi connectivity index (χ0v) is 18.7. The largest absolute Gasteiger partial charge is 0.478 e. The summed E-state index contributed by atoms with van der Waals surface area (Å²) in [6.07, 6.45) is 0.559. The van der Waals surface area contributed by atoms with Crippen LogP contribution in [0, 0.1) is 0 Å². The molecule has 1 heterocycles. The van der Waals surface area contributed by atoms with Crippen molar-refractivity contribution in [3.05, 3.63) is 52.5 Å². The Bertz CT molecular complexity index is 984. The molecule has 29 heavy (non-hydrogen) atoms. The molecule has 0 saturated carbocycles. The van der Waals surface area contributed by atoms with E-state index >= 15 is 0 Å². The normalized spacial score (nSPS) is 16.5. The number of sulfonamides is 1. The van der Waals surface area contributed by atoms with Crippen molar-refractivity contribution in [1.29, 1.82) is 0 Å². The Morgan fingerprint density at radius 3 is 2.59 bits per heavy atom. The fraction of sp³-hybridized carbons (Fsp3) is 0.316. The first-order chi connectivity index (χ1) is 13.7. The Morgan fingerprint density at radius 2 is 1.90 bits per heavy atom. The zero-order valence-electron chi connectivity index (χ0n) is 15.6. The number of ether oxygens (including phenoxy) is 1. The van der Waals surface area contributed by atoms with Gasteiger partial charge in [0.15, 0.2) is 6.10 Å². The van der Waals surface area contributed by atoms with Gasteiger partial charge < -0.3 is 10.1 Å². The third kappa shape index (κ3) is 5.94. The van der Waals surface area contributed by atoms with Gasteiger partial charge in [-0.2, -0.15) is 0 Å². The van der Waals surface area contributed by atoms with E-state index in [1.165, 1.54) is 10.4 Å². The quantitative estimate of drug-likeness (QED) is 0.508. The molecule has 1 atom stereocenters. The lowest BCUT2D eigenvalue weighted by Gasteiger charge is -2.21. The lowest BCUT2D eigenvalue weighted by Crippen LogP contribution is -2.40. The van der Waals surface area contributed by atoms with Crippen LogP contribution in [0.25, 0.3) is 0 Å². The van der Waals surface area contributed by atoms with Gasteiger partial charge in [-0.1, -0.05) is 23.2 Å². The first-order valence-corrected chi connectivity index (χ1v) is 12.4. The van der Waals surface area contributed by atoms with Crippen molar-refractivity contribution < 1.29 is 17.9 Å². The van der Waals surface area contributed by atoms with Crippen LogP contribution in [0.1, 0.15) is 6.42 Å². The maximum absolute atomic E-state index is 12.6. The number of benzene rings is 2. The fourth-order valence-electron chi connectivity index (χ4n) is 2.87. The monoisotopic (exact) mass is 474 g/mol. The van der Waals surface area contributed by atoms with E-state index in [9.17, 15) is 13.2 Å². The first-order valence-electron chi connectivity index (χ1n) is 8.84. The maximum Gasteiger partial charge on any atom is 0.261 e. The number of carbonyl (C=O) groups is 1. The molecule has 1 N–H and O–H groups in total. The van der Waals surface area contributed by atoms with E-state index in [2.05, 4.69) is 5.32 Å². The highest BCUT2D eigenvalue weighted by Gasteiger charge is 2.31. The van der Waals surface area contributed by atoms with Gasteiger partial charge in [0.25, 0.3) is 5.91 Å². The SMILES string of the molecule is CS(=O)(=O)N1CCC(C(=O)NCCSc2ccc(Cl)cc2)Oc2ccc(Cl)cc21. The summed E-state index contributed by atoms with van der Waals surface area (Å²) in [6.45, 7) is 0.582. The Kier molecular flexibility index (Phi) is 7.21. The average molecular weight is 475 g/mol. The van der Waals surface area contributed by atoms with Gasteiger partial charge in [-0.25, -0.2) is 8.42 Å². The highest BCUT2D eigenvalue weighted by Crippen LogP contribution is 2.36. The zero-order chi connectivity index (χ0) is 21.0. The van der Waals surface area contributed by atoms with Gasteiger partial charge in [0.2, 0.25) is 10.0 Å². The predicted octanol–water partition coefficient (Wildman–Crippen LogP) is 3.82. The van der Waals surface area contributed by atoms with E-state index in [1.807, 2.05) is 24.3 Å². The van der Waals surface area contributed by atoms with Crippen LogP contribution in [0.2, 0.25) is 10.0 Å². The molecule has 0 saturated heterocycles. The van der Waals surface area contributed by atoms with E-state index in [4.69, 9.17) is 27.9 Å². The highest BCUT2D eigenvalue weighted by molar-refractivity contribution is 7.99. The Balaban J connectivity index is 1.61. The number of nitrogens with zero attached hydrogens (tertiary/aromatic N) is 1. The molecule has 0 fully saturated rings. The van der Waals surface area contributed by atoms with Crippen LogP contribution in [-0.4, -0.2) is 45.5 Å². The summed E-state index contributed by atoms with van der Waals surface area (Å²) in [4.78, 5) is 13.6. The van der Waals surface area contributed by atoms with Gasteiger partial charge >= 0.3 is 0 Å². The molecule has 1 aliphatic rings. The number of fused-ring (bicyclic) bond motifs is 1. The summed E-state index contributed by atoms with van der Waals surface area (Å²) >= 11 is 13.5. The lowest BCUT2D eigenvalue weighted by molar-refractivity contribution is -0.127. The number of thioether (sulfide) groups is 1. The van der Waals surface area contributed by atoms with E-state index in [0.717, 1.165) is 11.2 Å². The number of halogens is 2. The van der Waals surface area contributed by atoms with Crippen molar-refractivity contribution >= 4 is 56.6 Å². The standard InChI is InChI=1S/C19H20Cl2N2O4S2/c1-29(25,26)23-10-8-18(27-17-7-4-14(21)12-16(17)23)19(24)22-9-11-28-15-5-2-13(20)3-6-15/h2-7,12,18H,8-11H2,1H3,(H,22,24). The number of nitrogens with one attached hydrogen (secondary N) is 1. The van der Waals surface area contributed by atoms with Gasteiger partial charge in [-0.05, 0) is 42.5 Å². The molecule has 2 aromatic carbocycles. The van der Waals surface area contributed by atoms with Gasteiger partial charge in [-0.15, -0.1) is 11.8 Å². The van der Waals surface area contributed by atoms with Crippen LogP contribution in [-0.2, 0) is 14.8 Å². The van der Waals surface area contributed by atoms with E-state index < -0.39 is 16.1 Å². The molecular formula is C19H20Cl2N2O4S2. The van der Waals surface area contributed by atoms with Crippen molar-refractivity contribution in [1.82, 2.24) is 5.32 Å². The minimum absolute atomic E-state index is 0.129. The number of amides is 1. The van der Waals surface area contributed by atoms with Gasteiger partial charge in [0.1, 0.15) is 5.75 Å². The molecule has 1 aliphatic heterocycles. The summed E-state index contributed by atoms with van der Waals surface area (Å²) < 4.78 is 31.4. The molecule has 0 aromatic heterocycles. The van der Waals surface area contributed by atoms with Crippen LogP contribution >= 0.6 is 35.0 Å². The second kappa shape index (κ2) is 9.47. The van der Waals surface area contributed by atoms with Crippen molar-refractivity contribution in [2.75, 3.05) is 29.4 Å². The summed E-state index contributed by atoms with van der Waals surface area (Å²) in [6, 6.07) is 12.2. The van der Waals surface area contributed by atoms with E-state index in [-0.39, 0.29) is 18.9 Å².